The Morgan fingerprint density at radius 1 is 1.07 bits per heavy atom. The summed E-state index contributed by atoms with van der Waals surface area (Å²) in [6.07, 6.45) is 1.63. The first-order chi connectivity index (χ1) is 14.6. The highest BCUT2D eigenvalue weighted by Gasteiger charge is 2.16. The number of nitrogens with one attached hydrogen (secondary N) is 1. The van der Waals surface area contributed by atoms with Crippen LogP contribution in [0.5, 0.6) is 0 Å². The molecule has 0 radical (unpaired) electrons. The first-order valence-corrected chi connectivity index (χ1v) is 11.1. The van der Waals surface area contributed by atoms with Gasteiger partial charge in [-0.05, 0) is 37.3 Å². The summed E-state index contributed by atoms with van der Waals surface area (Å²) in [5, 5.41) is 12.1. The number of anilines is 1. The van der Waals surface area contributed by atoms with Crippen molar-refractivity contribution < 1.29 is 9.21 Å². The molecule has 0 aliphatic rings. The predicted octanol–water partition coefficient (Wildman–Crippen LogP) is 5.27. The fourth-order valence-electron chi connectivity index (χ4n) is 2.88. The summed E-state index contributed by atoms with van der Waals surface area (Å²) in [6.45, 7) is 1.88. The number of aromatic nitrogens is 3. The minimum atomic E-state index is -0.0925. The van der Waals surface area contributed by atoms with Gasteiger partial charge in [-0.15, -0.1) is 10.2 Å². The third kappa shape index (κ3) is 4.60. The number of carbonyl (C=O) groups is 1. The number of aryl methyl sites for hydroxylation is 1. The lowest BCUT2D eigenvalue weighted by Gasteiger charge is -2.10. The average Bonchev–Trinajstić information content (AvgIpc) is 3.33. The van der Waals surface area contributed by atoms with Crippen molar-refractivity contribution in [1.29, 1.82) is 0 Å². The molecule has 0 atom stereocenters. The number of hydrogen-bond acceptors (Lipinski definition) is 6. The van der Waals surface area contributed by atoms with Crippen molar-refractivity contribution in [2.45, 2.75) is 21.9 Å². The number of furan rings is 1. The van der Waals surface area contributed by atoms with Crippen LogP contribution in [-0.4, -0.2) is 26.4 Å². The molecule has 152 valence electrons. The second kappa shape index (κ2) is 9.23. The molecular weight excluding hydrogens is 416 g/mol. The minimum Gasteiger partial charge on any atom is -0.469 e. The molecule has 2 aromatic carbocycles. The molecule has 4 aromatic rings. The zero-order valence-corrected chi connectivity index (χ0v) is 18.2. The lowest BCUT2D eigenvalue weighted by molar-refractivity contribution is -0.113. The number of para-hydroxylation sites is 1. The maximum Gasteiger partial charge on any atom is 0.234 e. The molecule has 0 spiro atoms. The van der Waals surface area contributed by atoms with Crippen molar-refractivity contribution in [2.75, 3.05) is 11.1 Å². The molecular formula is C22H20N4O2S2. The fraction of sp³-hybridized carbons (Fsp3) is 0.136. The summed E-state index contributed by atoms with van der Waals surface area (Å²) in [6, 6.07) is 19.7. The van der Waals surface area contributed by atoms with Gasteiger partial charge < -0.3 is 14.3 Å². The van der Waals surface area contributed by atoms with E-state index in [0.29, 0.717) is 11.0 Å². The van der Waals surface area contributed by atoms with E-state index in [0.717, 1.165) is 26.8 Å². The van der Waals surface area contributed by atoms with Gasteiger partial charge in [0.1, 0.15) is 5.76 Å². The van der Waals surface area contributed by atoms with Crippen LogP contribution >= 0.6 is 23.5 Å². The van der Waals surface area contributed by atoms with Crippen molar-refractivity contribution >= 4 is 35.1 Å². The van der Waals surface area contributed by atoms with Crippen LogP contribution in [0.4, 0.5) is 5.69 Å². The largest absolute Gasteiger partial charge is 0.469 e. The number of carbonyl (C=O) groups excluding carboxylic acids is 1. The highest BCUT2D eigenvalue weighted by atomic mass is 32.2. The quantitative estimate of drug-likeness (QED) is 0.398. The second-order valence-electron chi connectivity index (χ2n) is 6.50. The van der Waals surface area contributed by atoms with E-state index in [4.69, 9.17) is 4.42 Å². The topological polar surface area (TPSA) is 72.9 Å². The first-order valence-electron chi connectivity index (χ1n) is 9.30. The number of thioether (sulfide) groups is 1. The van der Waals surface area contributed by atoms with Crippen LogP contribution in [0.2, 0.25) is 0 Å². The van der Waals surface area contributed by atoms with Gasteiger partial charge in [0.15, 0.2) is 11.0 Å². The Labute approximate surface area is 183 Å². The molecule has 0 fully saturated rings. The van der Waals surface area contributed by atoms with Gasteiger partial charge >= 0.3 is 0 Å². The molecule has 0 aliphatic heterocycles. The molecule has 0 bridgehead atoms. The van der Waals surface area contributed by atoms with E-state index in [-0.39, 0.29) is 11.7 Å². The van der Waals surface area contributed by atoms with Gasteiger partial charge in [-0.1, -0.05) is 53.9 Å². The summed E-state index contributed by atoms with van der Waals surface area (Å²) in [5.74, 6) is 1.65. The van der Waals surface area contributed by atoms with E-state index in [9.17, 15) is 4.79 Å². The van der Waals surface area contributed by atoms with Crippen LogP contribution in [0.1, 0.15) is 5.76 Å². The zero-order chi connectivity index (χ0) is 20.9. The highest BCUT2D eigenvalue weighted by molar-refractivity contribution is 8.00. The maximum absolute atomic E-state index is 12.6. The molecule has 0 saturated heterocycles. The Morgan fingerprint density at radius 3 is 2.60 bits per heavy atom. The van der Waals surface area contributed by atoms with E-state index in [1.165, 1.54) is 11.8 Å². The molecule has 4 rings (SSSR count). The van der Waals surface area contributed by atoms with Crippen molar-refractivity contribution in [2.24, 2.45) is 7.05 Å². The van der Waals surface area contributed by atoms with E-state index < -0.39 is 0 Å². The molecule has 2 aromatic heterocycles. The number of hydrogen-bond donors (Lipinski definition) is 1. The summed E-state index contributed by atoms with van der Waals surface area (Å²) >= 11 is 2.97. The van der Waals surface area contributed by atoms with Crippen LogP contribution in [0, 0.1) is 6.92 Å². The van der Waals surface area contributed by atoms with Crippen LogP contribution in [-0.2, 0) is 11.8 Å². The number of amides is 1. The van der Waals surface area contributed by atoms with Gasteiger partial charge in [0.25, 0.3) is 0 Å². The molecule has 0 saturated carbocycles. The van der Waals surface area contributed by atoms with Crippen molar-refractivity contribution in [1.82, 2.24) is 14.8 Å². The minimum absolute atomic E-state index is 0.0925. The highest BCUT2D eigenvalue weighted by Crippen LogP contribution is 2.33. The normalized spacial score (nSPS) is 10.9. The molecule has 1 amide bonds. The van der Waals surface area contributed by atoms with Gasteiger partial charge in [0.05, 0.1) is 23.3 Å². The van der Waals surface area contributed by atoms with Crippen LogP contribution in [0.3, 0.4) is 0 Å². The average molecular weight is 437 g/mol. The summed E-state index contributed by atoms with van der Waals surface area (Å²) in [4.78, 5) is 14.7. The molecule has 2 heterocycles. The molecule has 1 N–H and O–H groups in total. The van der Waals surface area contributed by atoms with E-state index >= 15 is 0 Å². The molecule has 0 unspecified atom stereocenters. The third-order valence-electron chi connectivity index (χ3n) is 4.40. The Morgan fingerprint density at radius 2 is 1.83 bits per heavy atom. The molecule has 30 heavy (non-hydrogen) atoms. The van der Waals surface area contributed by atoms with E-state index in [1.807, 2.05) is 79.2 Å². The standard InChI is InChI=1S/C22H20N4O2S2/c1-15-17(12-13-28-15)21-24-25-22(26(21)2)29-14-20(27)23-18-10-6-7-11-19(18)30-16-8-4-3-5-9-16/h3-13H,14H2,1-2H3,(H,23,27). The Balaban J connectivity index is 1.41. The number of benzene rings is 2. The lowest BCUT2D eigenvalue weighted by atomic mass is 10.2. The van der Waals surface area contributed by atoms with Crippen LogP contribution in [0.15, 0.2) is 86.3 Å². The van der Waals surface area contributed by atoms with Crippen LogP contribution < -0.4 is 5.32 Å². The Kier molecular flexibility index (Phi) is 6.25. The van der Waals surface area contributed by atoms with Gasteiger partial charge in [-0.25, -0.2) is 0 Å². The van der Waals surface area contributed by atoms with E-state index in [2.05, 4.69) is 15.5 Å². The SMILES string of the molecule is Cc1occc1-c1nnc(SCC(=O)Nc2ccccc2Sc2ccccc2)n1C. The van der Waals surface area contributed by atoms with Gasteiger partial charge in [0.2, 0.25) is 5.91 Å². The van der Waals surface area contributed by atoms with Gasteiger partial charge in [-0.3, -0.25) is 4.79 Å². The molecule has 6 nitrogen and oxygen atoms in total. The Bertz CT molecular complexity index is 1150. The van der Waals surface area contributed by atoms with Crippen molar-refractivity contribution in [3.8, 4) is 11.4 Å². The van der Waals surface area contributed by atoms with Crippen LogP contribution in [0.25, 0.3) is 11.4 Å². The lowest BCUT2D eigenvalue weighted by Crippen LogP contribution is -2.15. The second-order valence-corrected chi connectivity index (χ2v) is 8.56. The van der Waals surface area contributed by atoms with Crippen molar-refractivity contribution in [3.05, 3.63) is 72.7 Å². The van der Waals surface area contributed by atoms with Gasteiger partial charge in [0, 0.05) is 16.8 Å². The Hall–Kier alpha value is -2.97. The smallest absolute Gasteiger partial charge is 0.234 e. The zero-order valence-electron chi connectivity index (χ0n) is 16.5. The summed E-state index contributed by atoms with van der Waals surface area (Å²) in [5.41, 5.74) is 1.69. The maximum atomic E-state index is 12.6. The third-order valence-corrected chi connectivity index (χ3v) is 6.50. The number of nitrogens with zero attached hydrogens (tertiary/aromatic N) is 3. The molecule has 0 aliphatic carbocycles. The number of rotatable bonds is 7. The van der Waals surface area contributed by atoms with Gasteiger partial charge in [-0.2, -0.15) is 0 Å². The summed E-state index contributed by atoms with van der Waals surface area (Å²) < 4.78 is 7.22. The van der Waals surface area contributed by atoms with Crippen molar-refractivity contribution in [3.63, 3.8) is 0 Å². The summed E-state index contributed by atoms with van der Waals surface area (Å²) in [7, 11) is 1.88. The molecule has 8 heteroatoms. The first kappa shape index (κ1) is 20.3. The van der Waals surface area contributed by atoms with E-state index in [1.54, 1.807) is 18.0 Å². The monoisotopic (exact) mass is 436 g/mol. The predicted molar refractivity (Wildman–Crippen MR) is 120 cm³/mol. The fourth-order valence-corrected chi connectivity index (χ4v) is 4.52.